The Morgan fingerprint density at radius 1 is 1.39 bits per heavy atom. The van der Waals surface area contributed by atoms with E-state index in [2.05, 4.69) is 46.2 Å². The first-order valence-corrected chi connectivity index (χ1v) is 6.85. The largest absolute Gasteiger partial charge is 0.324 e. The van der Waals surface area contributed by atoms with E-state index in [0.717, 1.165) is 17.3 Å². The van der Waals surface area contributed by atoms with E-state index in [9.17, 15) is 0 Å². The smallest absolute Gasteiger partial charge is 0.0492 e. The van der Waals surface area contributed by atoms with Gasteiger partial charge in [0.1, 0.15) is 0 Å². The van der Waals surface area contributed by atoms with E-state index in [4.69, 9.17) is 5.73 Å². The van der Waals surface area contributed by atoms with Gasteiger partial charge in [-0.25, -0.2) is 0 Å². The fourth-order valence-electron chi connectivity index (χ4n) is 2.02. The maximum atomic E-state index is 6.24. The van der Waals surface area contributed by atoms with Crippen LogP contribution < -0.4 is 5.73 Å². The van der Waals surface area contributed by atoms with E-state index >= 15 is 0 Å². The quantitative estimate of drug-likeness (QED) is 0.943. The fraction of sp³-hybridized carbons (Fsp3) is 0.357. The minimum atomic E-state index is 0.0756. The van der Waals surface area contributed by atoms with Crippen molar-refractivity contribution in [1.29, 1.82) is 0 Å². The molecule has 4 heteroatoms. The van der Waals surface area contributed by atoms with Crippen molar-refractivity contribution in [2.24, 2.45) is 12.8 Å². The van der Waals surface area contributed by atoms with Gasteiger partial charge in [-0.2, -0.15) is 5.10 Å². The molecular weight excluding hydrogens is 290 g/mol. The summed E-state index contributed by atoms with van der Waals surface area (Å²) in [5.74, 6) is 0. The second-order valence-electron chi connectivity index (χ2n) is 4.60. The summed E-state index contributed by atoms with van der Waals surface area (Å²) in [6, 6.07) is 8.42. The number of benzene rings is 1. The number of halogens is 1. The lowest BCUT2D eigenvalue weighted by Crippen LogP contribution is -2.12. The van der Waals surface area contributed by atoms with Gasteiger partial charge in [0.05, 0.1) is 0 Å². The normalized spacial score (nSPS) is 12.7. The molecule has 18 heavy (non-hydrogen) atoms. The molecule has 0 saturated heterocycles. The molecule has 1 atom stereocenters. The highest BCUT2D eigenvalue weighted by Crippen LogP contribution is 2.22. The standard InChI is InChI=1S/C14H18BrN3/c1-10-9-11(3-5-13(10)15)14(16)6-4-12-7-8-17-18(12)2/h3,5,7-9,14H,4,6,16H2,1-2H3. The first kappa shape index (κ1) is 13.3. The van der Waals surface area contributed by atoms with Crippen LogP contribution in [0, 0.1) is 6.92 Å². The molecule has 2 rings (SSSR count). The molecule has 0 bridgehead atoms. The minimum absolute atomic E-state index is 0.0756. The van der Waals surface area contributed by atoms with Crippen LogP contribution in [0.5, 0.6) is 0 Å². The number of aryl methyl sites for hydroxylation is 3. The Kier molecular flexibility index (Phi) is 4.19. The third-order valence-electron chi connectivity index (χ3n) is 3.24. The lowest BCUT2D eigenvalue weighted by Gasteiger charge is -2.13. The first-order chi connectivity index (χ1) is 8.58. The predicted octanol–water partition coefficient (Wildman–Crippen LogP) is 3.12. The summed E-state index contributed by atoms with van der Waals surface area (Å²) in [7, 11) is 1.96. The molecule has 0 saturated carbocycles. The van der Waals surface area contributed by atoms with Crippen molar-refractivity contribution in [3.63, 3.8) is 0 Å². The zero-order valence-corrected chi connectivity index (χ0v) is 12.3. The molecule has 1 heterocycles. The molecule has 3 nitrogen and oxygen atoms in total. The van der Waals surface area contributed by atoms with Gasteiger partial charge in [-0.3, -0.25) is 4.68 Å². The minimum Gasteiger partial charge on any atom is -0.324 e. The van der Waals surface area contributed by atoms with Crippen LogP contribution in [0.1, 0.15) is 29.3 Å². The molecule has 0 aliphatic rings. The van der Waals surface area contributed by atoms with Gasteiger partial charge in [-0.15, -0.1) is 0 Å². The molecule has 1 aromatic heterocycles. The lowest BCUT2D eigenvalue weighted by atomic mass is 10.0. The SMILES string of the molecule is Cc1cc(C(N)CCc2ccnn2C)ccc1Br. The maximum Gasteiger partial charge on any atom is 0.0492 e. The van der Waals surface area contributed by atoms with Crippen LogP contribution in [-0.2, 0) is 13.5 Å². The van der Waals surface area contributed by atoms with E-state index in [1.54, 1.807) is 0 Å². The van der Waals surface area contributed by atoms with Crippen molar-refractivity contribution in [1.82, 2.24) is 9.78 Å². The number of nitrogens with two attached hydrogens (primary N) is 1. The molecule has 2 aromatic rings. The molecule has 0 fully saturated rings. The second-order valence-corrected chi connectivity index (χ2v) is 5.45. The zero-order chi connectivity index (χ0) is 13.1. The second kappa shape index (κ2) is 5.67. The maximum absolute atomic E-state index is 6.24. The number of hydrogen-bond acceptors (Lipinski definition) is 2. The van der Waals surface area contributed by atoms with Crippen LogP contribution in [0.4, 0.5) is 0 Å². The van der Waals surface area contributed by atoms with E-state index < -0.39 is 0 Å². The average molecular weight is 308 g/mol. The van der Waals surface area contributed by atoms with Crippen LogP contribution in [-0.4, -0.2) is 9.78 Å². The van der Waals surface area contributed by atoms with Gasteiger partial charge in [-0.05, 0) is 43.0 Å². The van der Waals surface area contributed by atoms with Crippen LogP contribution in [0.15, 0.2) is 34.9 Å². The molecule has 1 aromatic carbocycles. The van der Waals surface area contributed by atoms with Gasteiger partial charge in [0.25, 0.3) is 0 Å². The third kappa shape index (κ3) is 3.00. The summed E-state index contributed by atoms with van der Waals surface area (Å²) in [4.78, 5) is 0. The molecule has 2 N–H and O–H groups in total. The summed E-state index contributed by atoms with van der Waals surface area (Å²) in [6.45, 7) is 2.08. The monoisotopic (exact) mass is 307 g/mol. The lowest BCUT2D eigenvalue weighted by molar-refractivity contribution is 0.613. The summed E-state index contributed by atoms with van der Waals surface area (Å²) in [5.41, 5.74) is 9.88. The van der Waals surface area contributed by atoms with Gasteiger partial charge in [-0.1, -0.05) is 28.1 Å². The molecule has 0 aliphatic heterocycles. The van der Waals surface area contributed by atoms with Crippen molar-refractivity contribution in [3.05, 3.63) is 51.8 Å². The molecule has 1 unspecified atom stereocenters. The Morgan fingerprint density at radius 3 is 2.78 bits per heavy atom. The molecule has 0 aliphatic carbocycles. The zero-order valence-electron chi connectivity index (χ0n) is 10.7. The van der Waals surface area contributed by atoms with Crippen molar-refractivity contribution in [2.45, 2.75) is 25.8 Å². The topological polar surface area (TPSA) is 43.8 Å². The number of aromatic nitrogens is 2. The summed E-state index contributed by atoms with van der Waals surface area (Å²) in [5, 5.41) is 4.16. The van der Waals surface area contributed by atoms with Gasteiger partial charge >= 0.3 is 0 Å². The number of rotatable bonds is 4. The van der Waals surface area contributed by atoms with Crippen molar-refractivity contribution >= 4 is 15.9 Å². The first-order valence-electron chi connectivity index (χ1n) is 6.06. The van der Waals surface area contributed by atoms with Gasteiger partial charge < -0.3 is 5.73 Å². The highest BCUT2D eigenvalue weighted by Gasteiger charge is 2.09. The molecule has 0 spiro atoms. The van der Waals surface area contributed by atoms with Crippen molar-refractivity contribution < 1.29 is 0 Å². The highest BCUT2D eigenvalue weighted by atomic mass is 79.9. The Balaban J connectivity index is 2.01. The number of hydrogen-bond donors (Lipinski definition) is 1. The van der Waals surface area contributed by atoms with Gasteiger partial charge in [0, 0.05) is 29.5 Å². The molecular formula is C14H18BrN3. The van der Waals surface area contributed by atoms with Crippen LogP contribution in [0.25, 0.3) is 0 Å². The predicted molar refractivity (Wildman–Crippen MR) is 77.3 cm³/mol. The number of nitrogens with zero attached hydrogens (tertiary/aromatic N) is 2. The van der Waals surface area contributed by atoms with E-state index in [1.165, 1.54) is 16.8 Å². The van der Waals surface area contributed by atoms with Crippen molar-refractivity contribution in [3.8, 4) is 0 Å². The highest BCUT2D eigenvalue weighted by molar-refractivity contribution is 9.10. The Labute approximate surface area is 116 Å². The third-order valence-corrected chi connectivity index (χ3v) is 4.13. The fourth-order valence-corrected chi connectivity index (χ4v) is 2.26. The molecule has 0 amide bonds. The summed E-state index contributed by atoms with van der Waals surface area (Å²) >= 11 is 3.51. The summed E-state index contributed by atoms with van der Waals surface area (Å²) < 4.78 is 3.03. The molecule has 0 radical (unpaired) electrons. The van der Waals surface area contributed by atoms with E-state index in [0.29, 0.717) is 0 Å². The average Bonchev–Trinajstić information content (AvgIpc) is 2.75. The van der Waals surface area contributed by atoms with Crippen LogP contribution >= 0.6 is 15.9 Å². The van der Waals surface area contributed by atoms with Crippen LogP contribution in [0.3, 0.4) is 0 Å². The Bertz CT molecular complexity index is 534. The Morgan fingerprint density at radius 2 is 2.17 bits per heavy atom. The summed E-state index contributed by atoms with van der Waals surface area (Å²) in [6.07, 6.45) is 3.71. The van der Waals surface area contributed by atoms with Gasteiger partial charge in [0.2, 0.25) is 0 Å². The van der Waals surface area contributed by atoms with E-state index in [-0.39, 0.29) is 6.04 Å². The van der Waals surface area contributed by atoms with Crippen LogP contribution in [0.2, 0.25) is 0 Å². The van der Waals surface area contributed by atoms with Crippen molar-refractivity contribution in [2.75, 3.05) is 0 Å². The van der Waals surface area contributed by atoms with Gasteiger partial charge in [0.15, 0.2) is 0 Å². The Hall–Kier alpha value is -1.13. The molecule has 96 valence electrons. The van der Waals surface area contributed by atoms with E-state index in [1.807, 2.05) is 24.0 Å².